The summed E-state index contributed by atoms with van der Waals surface area (Å²) in [7, 11) is 0. The fraction of sp³-hybridized carbons (Fsp3) is 0.312. The van der Waals surface area contributed by atoms with Crippen LogP contribution in [-0.4, -0.2) is 106 Å². The molecular weight excluding hydrogens is 889 g/mol. The Labute approximate surface area is 404 Å². The van der Waals surface area contributed by atoms with Gasteiger partial charge in [0.05, 0.1) is 47.0 Å². The minimum absolute atomic E-state index is 0. The topological polar surface area (TPSA) is 292 Å². The van der Waals surface area contributed by atoms with E-state index in [4.69, 9.17) is 25.5 Å². The van der Waals surface area contributed by atoms with Crippen LogP contribution in [0, 0.1) is 11.8 Å². The third-order valence-electron chi connectivity index (χ3n) is 12.7. The number of nitrogens with one attached hydrogen (secondary N) is 1. The first-order chi connectivity index (χ1) is 33.4. The first kappa shape index (κ1) is 47.9. The predicted molar refractivity (Wildman–Crippen MR) is 262 cm³/mol. The molecule has 0 aromatic carbocycles. The van der Waals surface area contributed by atoms with Crippen LogP contribution in [0.1, 0.15) is 71.7 Å². The number of pyridine rings is 2. The van der Waals surface area contributed by atoms with E-state index in [-0.39, 0.29) is 31.2 Å². The SMILES string of the molecule is C.CC(C)C(C)(c1ccc(-c2cnc(N)nc2)nc1)c1noc(-c2cnc(-n3ccnc3)cn2)n1.CC(C)C(C)(c1ccc(-c2cnc(N)nc2)nc1)c1noc(-c2cnc(N3CCNCC3)cn2)n1. The van der Waals surface area contributed by atoms with Gasteiger partial charge in [0.15, 0.2) is 17.5 Å². The average molecular weight is 943 g/mol. The summed E-state index contributed by atoms with van der Waals surface area (Å²) in [5, 5.41) is 12.0. The highest BCUT2D eigenvalue weighted by atomic mass is 16.5. The number of nitrogens with zero attached hydrogens (tertiary/aromatic N) is 17. The van der Waals surface area contributed by atoms with Crippen LogP contribution in [0.4, 0.5) is 17.7 Å². The summed E-state index contributed by atoms with van der Waals surface area (Å²) in [5.74, 6) is 4.02. The maximum absolute atomic E-state index is 5.62. The van der Waals surface area contributed by atoms with Gasteiger partial charge in [-0.2, -0.15) is 9.97 Å². The lowest BCUT2D eigenvalue weighted by Gasteiger charge is -2.30. The van der Waals surface area contributed by atoms with Gasteiger partial charge in [0.1, 0.15) is 23.5 Å². The molecule has 0 radical (unpaired) electrons. The van der Waals surface area contributed by atoms with E-state index in [1.165, 1.54) is 0 Å². The molecule has 5 N–H and O–H groups in total. The summed E-state index contributed by atoms with van der Waals surface area (Å²) in [6, 6.07) is 7.89. The molecule has 0 amide bonds. The summed E-state index contributed by atoms with van der Waals surface area (Å²) in [6.07, 6.45) is 22.1. The minimum atomic E-state index is -0.547. The molecule has 10 heterocycles. The van der Waals surface area contributed by atoms with Gasteiger partial charge in [-0.1, -0.05) is 57.6 Å². The molecule has 2 unspecified atom stereocenters. The smallest absolute Gasteiger partial charge is 0.278 e. The molecule has 9 aromatic rings. The Bertz CT molecular complexity index is 3060. The van der Waals surface area contributed by atoms with Crippen LogP contribution < -0.4 is 21.7 Å². The Morgan fingerprint density at radius 2 is 1.01 bits per heavy atom. The Hall–Kier alpha value is -8.53. The van der Waals surface area contributed by atoms with Crippen LogP contribution in [0.3, 0.4) is 0 Å². The summed E-state index contributed by atoms with van der Waals surface area (Å²) in [4.78, 5) is 59.0. The molecule has 22 nitrogen and oxygen atoms in total. The van der Waals surface area contributed by atoms with Crippen molar-refractivity contribution >= 4 is 17.7 Å². The van der Waals surface area contributed by atoms with E-state index in [0.717, 1.165) is 65.6 Å². The highest BCUT2D eigenvalue weighted by Gasteiger charge is 2.39. The number of hydrogen-bond donors (Lipinski definition) is 3. The Morgan fingerprint density at radius 1 is 0.557 bits per heavy atom. The first-order valence-electron chi connectivity index (χ1n) is 22.3. The van der Waals surface area contributed by atoms with Crippen molar-refractivity contribution in [3.8, 4) is 51.5 Å². The van der Waals surface area contributed by atoms with Gasteiger partial charge in [0.2, 0.25) is 11.9 Å². The maximum Gasteiger partial charge on any atom is 0.278 e. The van der Waals surface area contributed by atoms with Crippen molar-refractivity contribution in [2.24, 2.45) is 11.8 Å². The average Bonchev–Trinajstić information content (AvgIpc) is 4.22. The summed E-state index contributed by atoms with van der Waals surface area (Å²) in [6.45, 7) is 16.3. The van der Waals surface area contributed by atoms with E-state index >= 15 is 0 Å². The molecule has 1 saturated heterocycles. The van der Waals surface area contributed by atoms with E-state index < -0.39 is 10.8 Å². The molecule has 10 rings (SSSR count). The normalized spacial score (nSPS) is 14.3. The lowest BCUT2D eigenvalue weighted by atomic mass is 9.73. The lowest BCUT2D eigenvalue weighted by Crippen LogP contribution is -2.43. The molecule has 9 aromatic heterocycles. The van der Waals surface area contributed by atoms with Gasteiger partial charge < -0.3 is 30.7 Å². The lowest BCUT2D eigenvalue weighted by molar-refractivity contribution is 0.350. The standard InChI is InChI=1S/C24H28N10O.C23H22N10O.CH4/c1-15(2)24(3,17-4-5-18(27-12-17)16-10-30-23(25)31-11-16)22-32-21(35-33-22)19-13-29-20(14-28-19)34-8-6-26-7-9-34;1-14(2)23(3,16-4-5-17(26-10-16)15-8-29-22(24)30-9-15)21-31-20(34-32-21)18-11-28-19(12-27-18)33-7-6-25-13-33;/h4-5,10-15,26H,6-9H2,1-3H3,(H2,25,30,31);4-14H,1-3H3,(H2,24,29,30);1H4. The van der Waals surface area contributed by atoms with Crippen LogP contribution in [0.25, 0.3) is 51.5 Å². The molecule has 0 bridgehead atoms. The largest absolute Gasteiger partial charge is 0.368 e. The molecule has 0 aliphatic carbocycles. The van der Waals surface area contributed by atoms with Crippen molar-refractivity contribution in [2.45, 2.75) is 59.8 Å². The van der Waals surface area contributed by atoms with Crippen LogP contribution in [0.2, 0.25) is 0 Å². The third kappa shape index (κ3) is 9.74. The number of anilines is 3. The first-order valence-corrected chi connectivity index (χ1v) is 22.3. The molecule has 22 heteroatoms. The van der Waals surface area contributed by atoms with E-state index in [2.05, 4.69) is 122 Å². The Balaban J connectivity index is 0.000000186. The highest BCUT2D eigenvalue weighted by molar-refractivity contribution is 5.59. The van der Waals surface area contributed by atoms with Crippen molar-refractivity contribution in [2.75, 3.05) is 42.5 Å². The van der Waals surface area contributed by atoms with Gasteiger partial charge in [-0.05, 0) is 48.9 Å². The van der Waals surface area contributed by atoms with Crippen LogP contribution in [-0.2, 0) is 10.8 Å². The molecule has 70 heavy (non-hydrogen) atoms. The summed E-state index contributed by atoms with van der Waals surface area (Å²) in [5.41, 5.74) is 16.1. The number of nitrogens with two attached hydrogens (primary N) is 2. The van der Waals surface area contributed by atoms with E-state index in [1.54, 1.807) is 72.9 Å². The second-order valence-electron chi connectivity index (χ2n) is 17.3. The van der Waals surface area contributed by atoms with Gasteiger partial charge in [-0.25, -0.2) is 44.9 Å². The summed E-state index contributed by atoms with van der Waals surface area (Å²) < 4.78 is 13.0. The van der Waals surface area contributed by atoms with E-state index in [0.29, 0.717) is 40.6 Å². The number of imidazole rings is 1. The van der Waals surface area contributed by atoms with Crippen molar-refractivity contribution in [1.29, 1.82) is 0 Å². The fourth-order valence-electron chi connectivity index (χ4n) is 7.65. The third-order valence-corrected chi connectivity index (χ3v) is 12.7. The maximum atomic E-state index is 5.62. The number of nitrogen functional groups attached to an aromatic ring is 2. The molecular formula is C48H54N20O2. The van der Waals surface area contributed by atoms with Gasteiger partial charge >= 0.3 is 0 Å². The van der Waals surface area contributed by atoms with Crippen molar-refractivity contribution < 1.29 is 9.05 Å². The van der Waals surface area contributed by atoms with Gasteiger partial charge in [-0.15, -0.1) is 0 Å². The van der Waals surface area contributed by atoms with Crippen molar-refractivity contribution in [3.05, 3.63) is 128 Å². The molecule has 0 spiro atoms. The monoisotopic (exact) mass is 942 g/mol. The minimum Gasteiger partial charge on any atom is -0.368 e. The Kier molecular flexibility index (Phi) is 14.0. The van der Waals surface area contributed by atoms with Crippen LogP contribution in [0.5, 0.6) is 0 Å². The highest BCUT2D eigenvalue weighted by Crippen LogP contribution is 2.40. The van der Waals surface area contributed by atoms with Gasteiger partial charge in [0.25, 0.3) is 11.8 Å². The van der Waals surface area contributed by atoms with E-state index in [9.17, 15) is 0 Å². The number of aromatic nitrogens is 16. The quantitative estimate of drug-likeness (QED) is 0.125. The van der Waals surface area contributed by atoms with Crippen LogP contribution >= 0.6 is 0 Å². The van der Waals surface area contributed by atoms with Crippen LogP contribution in [0.15, 0.2) is 114 Å². The fourth-order valence-corrected chi connectivity index (χ4v) is 7.65. The van der Waals surface area contributed by atoms with E-state index in [1.807, 2.05) is 36.7 Å². The van der Waals surface area contributed by atoms with Gasteiger partial charge in [-0.3, -0.25) is 14.5 Å². The molecule has 0 saturated carbocycles. The number of hydrogen-bond acceptors (Lipinski definition) is 21. The van der Waals surface area contributed by atoms with Gasteiger partial charge in [0, 0.05) is 86.9 Å². The summed E-state index contributed by atoms with van der Waals surface area (Å²) >= 11 is 0. The number of piperazine rings is 1. The van der Waals surface area contributed by atoms with Crippen molar-refractivity contribution in [1.82, 2.24) is 85.0 Å². The zero-order chi connectivity index (χ0) is 48.1. The second-order valence-corrected chi connectivity index (χ2v) is 17.3. The molecule has 1 aliphatic rings. The molecule has 2 atom stereocenters. The predicted octanol–water partition coefficient (Wildman–Crippen LogP) is 6.08. The van der Waals surface area contributed by atoms with Crippen molar-refractivity contribution in [3.63, 3.8) is 0 Å². The second kappa shape index (κ2) is 20.4. The number of rotatable bonds is 12. The molecule has 1 fully saturated rings. The Morgan fingerprint density at radius 3 is 1.40 bits per heavy atom. The molecule has 358 valence electrons. The zero-order valence-electron chi connectivity index (χ0n) is 38.9. The zero-order valence-corrected chi connectivity index (χ0v) is 38.9. The molecule has 1 aliphatic heterocycles.